The van der Waals surface area contributed by atoms with E-state index in [0.29, 0.717) is 19.4 Å². The van der Waals surface area contributed by atoms with E-state index in [0.717, 1.165) is 9.75 Å². The molecule has 2 rings (SSSR count). The van der Waals surface area contributed by atoms with Crippen molar-refractivity contribution in [1.29, 1.82) is 0 Å². The Labute approximate surface area is 109 Å². The van der Waals surface area contributed by atoms with Gasteiger partial charge in [0.15, 0.2) is 0 Å². The van der Waals surface area contributed by atoms with Gasteiger partial charge in [0, 0.05) is 0 Å². The van der Waals surface area contributed by atoms with Gasteiger partial charge < -0.3 is 0 Å². The quantitative estimate of drug-likeness (QED) is 0.598. The van der Waals surface area contributed by atoms with Gasteiger partial charge in [-0.3, -0.25) is 0 Å². The number of halogens is 4. The van der Waals surface area contributed by atoms with Gasteiger partial charge in [0.2, 0.25) is 0 Å². The Morgan fingerprint density at radius 3 is 2.07 bits per heavy atom. The van der Waals surface area contributed by atoms with Gasteiger partial charge >= 0.3 is 0 Å². The van der Waals surface area contributed by atoms with Gasteiger partial charge in [-0.25, -0.2) is 0 Å². The van der Waals surface area contributed by atoms with E-state index in [1.165, 1.54) is 22.7 Å². The molecule has 74 valence electrons. The standard InChI is InChI=1S/C8H2Cl4S2/c9-3-1-2-13-6(3)7-4(10)5(11)8(12)14-7/h1-2H. The first-order valence-corrected chi connectivity index (χ1v) is 6.68. The Bertz CT molecular complexity index is 472. The maximum absolute atomic E-state index is 6.02. The molecule has 14 heavy (non-hydrogen) atoms. The molecule has 0 unspecified atom stereocenters. The predicted octanol–water partition coefficient (Wildman–Crippen LogP) is 6.09. The van der Waals surface area contributed by atoms with Gasteiger partial charge in [-0.2, -0.15) is 0 Å². The van der Waals surface area contributed by atoms with Crippen molar-refractivity contribution in [3.63, 3.8) is 0 Å². The fourth-order valence-electron chi connectivity index (χ4n) is 0.967. The summed E-state index contributed by atoms with van der Waals surface area (Å²) < 4.78 is 0.496. The molecule has 2 aromatic heterocycles. The molecule has 0 radical (unpaired) electrons. The zero-order chi connectivity index (χ0) is 10.3. The van der Waals surface area contributed by atoms with Crippen LogP contribution in [0.25, 0.3) is 9.75 Å². The summed E-state index contributed by atoms with van der Waals surface area (Å²) in [7, 11) is 0. The summed E-state index contributed by atoms with van der Waals surface area (Å²) >= 11 is 26.6. The first-order chi connectivity index (χ1) is 6.61. The van der Waals surface area contributed by atoms with Crippen LogP contribution in [0.5, 0.6) is 0 Å². The van der Waals surface area contributed by atoms with Crippen LogP contribution in [0.2, 0.25) is 19.4 Å². The highest BCUT2D eigenvalue weighted by atomic mass is 35.5. The van der Waals surface area contributed by atoms with Crippen LogP contribution in [0.15, 0.2) is 11.4 Å². The average Bonchev–Trinajstić information content (AvgIpc) is 2.66. The highest BCUT2D eigenvalue weighted by molar-refractivity contribution is 7.25. The monoisotopic (exact) mass is 302 g/mol. The van der Waals surface area contributed by atoms with Crippen molar-refractivity contribution in [2.45, 2.75) is 0 Å². The van der Waals surface area contributed by atoms with Gasteiger partial charge in [0.1, 0.15) is 4.34 Å². The second-order valence-corrected chi connectivity index (χ2v) is 6.13. The fourth-order valence-corrected chi connectivity index (χ4v) is 4.21. The fraction of sp³-hybridized carbons (Fsp3) is 0. The Morgan fingerprint density at radius 2 is 1.64 bits per heavy atom. The first kappa shape index (κ1) is 11.1. The summed E-state index contributed by atoms with van der Waals surface area (Å²) in [5.74, 6) is 0. The van der Waals surface area contributed by atoms with Crippen LogP contribution in [0.4, 0.5) is 0 Å². The molecule has 0 bridgehead atoms. The smallest absolute Gasteiger partial charge is 0.114 e. The van der Waals surface area contributed by atoms with Gasteiger partial charge in [0.25, 0.3) is 0 Å². The molecule has 0 atom stereocenters. The van der Waals surface area contributed by atoms with Crippen molar-refractivity contribution < 1.29 is 0 Å². The lowest BCUT2D eigenvalue weighted by atomic mass is 10.4. The lowest BCUT2D eigenvalue weighted by Gasteiger charge is -1.93. The highest BCUT2D eigenvalue weighted by Gasteiger charge is 2.17. The van der Waals surface area contributed by atoms with Gasteiger partial charge in [-0.1, -0.05) is 46.4 Å². The van der Waals surface area contributed by atoms with E-state index in [2.05, 4.69) is 0 Å². The average molecular weight is 304 g/mol. The summed E-state index contributed by atoms with van der Waals surface area (Å²) in [6.07, 6.45) is 0. The van der Waals surface area contributed by atoms with Crippen LogP contribution in [0.1, 0.15) is 0 Å². The van der Waals surface area contributed by atoms with E-state index >= 15 is 0 Å². The molecule has 0 aliphatic carbocycles. The minimum Gasteiger partial charge on any atom is -0.141 e. The summed E-state index contributed by atoms with van der Waals surface area (Å²) in [6, 6.07) is 1.82. The Kier molecular flexibility index (Phi) is 3.32. The van der Waals surface area contributed by atoms with Crippen LogP contribution in [-0.2, 0) is 0 Å². The second-order valence-electron chi connectivity index (χ2n) is 2.43. The van der Waals surface area contributed by atoms with Crippen LogP contribution < -0.4 is 0 Å². The molecule has 0 fully saturated rings. The number of rotatable bonds is 1. The number of hydrogen-bond acceptors (Lipinski definition) is 2. The lowest BCUT2D eigenvalue weighted by molar-refractivity contribution is 1.91. The second kappa shape index (κ2) is 4.20. The number of hydrogen-bond donors (Lipinski definition) is 0. The molecular formula is C8H2Cl4S2. The normalized spacial score (nSPS) is 10.9. The van der Waals surface area contributed by atoms with Crippen LogP contribution in [0.3, 0.4) is 0 Å². The highest BCUT2D eigenvalue weighted by Crippen LogP contribution is 2.49. The van der Waals surface area contributed by atoms with Crippen molar-refractivity contribution in [1.82, 2.24) is 0 Å². The van der Waals surface area contributed by atoms with Crippen molar-refractivity contribution in [2.24, 2.45) is 0 Å². The van der Waals surface area contributed by atoms with Crippen LogP contribution in [0, 0.1) is 0 Å². The molecule has 2 heterocycles. The molecule has 0 N–H and O–H groups in total. The first-order valence-electron chi connectivity index (χ1n) is 3.48. The molecule has 0 aliphatic heterocycles. The molecule has 0 spiro atoms. The molecule has 0 amide bonds. The van der Waals surface area contributed by atoms with Crippen molar-refractivity contribution in [3.8, 4) is 9.75 Å². The van der Waals surface area contributed by atoms with E-state index in [-0.39, 0.29) is 0 Å². The van der Waals surface area contributed by atoms with E-state index < -0.39 is 0 Å². The van der Waals surface area contributed by atoms with E-state index in [9.17, 15) is 0 Å². The molecule has 0 saturated heterocycles. The largest absolute Gasteiger partial charge is 0.141 e. The number of thiophene rings is 2. The minimum absolute atomic E-state index is 0.401. The minimum atomic E-state index is 0.401. The topological polar surface area (TPSA) is 0 Å². The molecular weight excluding hydrogens is 302 g/mol. The zero-order valence-electron chi connectivity index (χ0n) is 6.48. The Balaban J connectivity index is 2.63. The molecule has 6 heteroatoms. The van der Waals surface area contributed by atoms with Gasteiger partial charge in [-0.05, 0) is 11.4 Å². The van der Waals surface area contributed by atoms with E-state index in [1.54, 1.807) is 0 Å². The molecule has 0 saturated carbocycles. The summed E-state index contributed by atoms with van der Waals surface area (Å²) in [6.45, 7) is 0. The summed E-state index contributed by atoms with van der Waals surface area (Å²) in [5.41, 5.74) is 0. The summed E-state index contributed by atoms with van der Waals surface area (Å²) in [4.78, 5) is 1.75. The van der Waals surface area contributed by atoms with Gasteiger partial charge in [0.05, 0.1) is 24.8 Å². The molecule has 0 aliphatic rings. The Hall–Kier alpha value is 0.560. The van der Waals surface area contributed by atoms with Crippen molar-refractivity contribution in [2.75, 3.05) is 0 Å². The Morgan fingerprint density at radius 1 is 0.929 bits per heavy atom. The maximum atomic E-state index is 6.02. The van der Waals surface area contributed by atoms with E-state index in [1.807, 2.05) is 11.4 Å². The molecule has 0 nitrogen and oxygen atoms in total. The molecule has 2 aromatic rings. The third-order valence-corrected chi connectivity index (χ3v) is 5.66. The third-order valence-electron chi connectivity index (χ3n) is 1.58. The third kappa shape index (κ3) is 1.80. The van der Waals surface area contributed by atoms with Crippen LogP contribution in [-0.4, -0.2) is 0 Å². The predicted molar refractivity (Wildman–Crippen MR) is 67.7 cm³/mol. The van der Waals surface area contributed by atoms with Crippen LogP contribution >= 0.6 is 69.1 Å². The van der Waals surface area contributed by atoms with Gasteiger partial charge in [-0.15, -0.1) is 22.7 Å². The van der Waals surface area contributed by atoms with Crippen molar-refractivity contribution >= 4 is 69.1 Å². The maximum Gasteiger partial charge on any atom is 0.114 e. The SMILES string of the molecule is Clc1ccsc1-c1sc(Cl)c(Cl)c1Cl. The van der Waals surface area contributed by atoms with Crippen molar-refractivity contribution in [3.05, 3.63) is 30.9 Å². The van der Waals surface area contributed by atoms with E-state index in [4.69, 9.17) is 46.4 Å². The summed E-state index contributed by atoms with van der Waals surface area (Å²) in [5, 5.41) is 3.45. The zero-order valence-corrected chi connectivity index (χ0v) is 11.1. The lowest BCUT2D eigenvalue weighted by Crippen LogP contribution is -1.65. The molecule has 0 aromatic carbocycles.